The van der Waals surface area contributed by atoms with Crippen LogP contribution in [0.15, 0.2) is 34.9 Å². The summed E-state index contributed by atoms with van der Waals surface area (Å²) in [6.45, 7) is 1.80. The number of hydrogen-bond acceptors (Lipinski definition) is 3. The van der Waals surface area contributed by atoms with E-state index in [1.807, 2.05) is 0 Å². The Kier molecular flexibility index (Phi) is 2.41. The van der Waals surface area contributed by atoms with Crippen LogP contribution in [0.2, 0.25) is 5.02 Å². The Morgan fingerprint density at radius 3 is 2.93 bits per heavy atom. The number of nitrogens with zero attached hydrogens (tertiary/aromatic N) is 1. The van der Waals surface area contributed by atoms with Crippen molar-refractivity contribution in [2.45, 2.75) is 6.92 Å². The molecule has 0 spiro atoms. The molecule has 1 heterocycles. The number of aryl methyl sites for hydroxylation is 1. The summed E-state index contributed by atoms with van der Waals surface area (Å²) >= 11 is 5.79. The van der Waals surface area contributed by atoms with Crippen molar-refractivity contribution in [3.8, 4) is 11.8 Å². The zero-order valence-corrected chi connectivity index (χ0v) is 8.28. The molecule has 0 aliphatic rings. The first-order valence-electron chi connectivity index (χ1n) is 4.10. The quantitative estimate of drug-likeness (QED) is 0.760. The maximum absolute atomic E-state index is 5.79. The molecule has 0 aliphatic heterocycles. The molecule has 0 radical (unpaired) electrons. The lowest BCUT2D eigenvalue weighted by Gasteiger charge is -1.99. The van der Waals surface area contributed by atoms with Crippen LogP contribution < -0.4 is 4.74 Å². The molecule has 0 saturated carbocycles. The Morgan fingerprint density at radius 1 is 1.43 bits per heavy atom. The van der Waals surface area contributed by atoms with E-state index in [2.05, 4.69) is 4.98 Å². The highest BCUT2D eigenvalue weighted by Crippen LogP contribution is 2.23. The predicted molar refractivity (Wildman–Crippen MR) is 52.8 cm³/mol. The summed E-state index contributed by atoms with van der Waals surface area (Å²) in [5, 5.41) is 0.616. The minimum atomic E-state index is 0.227. The highest BCUT2D eigenvalue weighted by Gasteiger charge is 2.03. The summed E-state index contributed by atoms with van der Waals surface area (Å²) < 4.78 is 10.5. The van der Waals surface area contributed by atoms with E-state index in [9.17, 15) is 0 Å². The Hall–Kier alpha value is -1.48. The summed E-state index contributed by atoms with van der Waals surface area (Å²) in [6, 6.07) is 7.05. The van der Waals surface area contributed by atoms with Crippen LogP contribution in [-0.2, 0) is 0 Å². The Labute approximate surface area is 86.3 Å². The molecule has 0 aliphatic carbocycles. The highest BCUT2D eigenvalue weighted by atomic mass is 35.5. The van der Waals surface area contributed by atoms with Gasteiger partial charge in [0.1, 0.15) is 11.5 Å². The summed E-state index contributed by atoms with van der Waals surface area (Å²) in [5.41, 5.74) is 0. The van der Waals surface area contributed by atoms with Gasteiger partial charge in [-0.15, -0.1) is 0 Å². The summed E-state index contributed by atoms with van der Waals surface area (Å²) in [7, 11) is 0. The van der Waals surface area contributed by atoms with Gasteiger partial charge in [-0.2, -0.15) is 4.98 Å². The largest absolute Gasteiger partial charge is 0.414 e. The van der Waals surface area contributed by atoms with E-state index in [1.54, 1.807) is 37.4 Å². The molecule has 0 bridgehead atoms. The van der Waals surface area contributed by atoms with Crippen LogP contribution >= 0.6 is 11.6 Å². The molecule has 0 unspecified atom stereocenters. The molecule has 72 valence electrons. The molecular weight excluding hydrogens is 202 g/mol. The third kappa shape index (κ3) is 2.06. The van der Waals surface area contributed by atoms with Crippen molar-refractivity contribution in [3.05, 3.63) is 41.2 Å². The second kappa shape index (κ2) is 3.72. The van der Waals surface area contributed by atoms with Gasteiger partial charge >= 0.3 is 6.08 Å². The van der Waals surface area contributed by atoms with Gasteiger partial charge in [0.05, 0.1) is 6.20 Å². The van der Waals surface area contributed by atoms with Crippen molar-refractivity contribution >= 4 is 11.6 Å². The van der Waals surface area contributed by atoms with E-state index < -0.39 is 0 Å². The molecule has 0 fully saturated rings. The van der Waals surface area contributed by atoms with Crippen LogP contribution in [-0.4, -0.2) is 4.98 Å². The first kappa shape index (κ1) is 9.09. The van der Waals surface area contributed by atoms with Crippen LogP contribution in [0.5, 0.6) is 11.8 Å². The lowest BCUT2D eigenvalue weighted by atomic mass is 10.3. The second-order valence-corrected chi connectivity index (χ2v) is 3.23. The smallest absolute Gasteiger partial charge is 0.399 e. The average molecular weight is 210 g/mol. The van der Waals surface area contributed by atoms with E-state index in [0.29, 0.717) is 16.5 Å². The maximum Gasteiger partial charge on any atom is 0.399 e. The maximum atomic E-state index is 5.79. The third-order valence-corrected chi connectivity index (χ3v) is 1.84. The van der Waals surface area contributed by atoms with Gasteiger partial charge in [-0.05, 0) is 25.1 Å². The normalized spacial score (nSPS) is 10.1. The molecule has 0 N–H and O–H groups in total. The molecule has 0 amide bonds. The molecule has 2 rings (SSSR count). The first-order valence-corrected chi connectivity index (χ1v) is 4.48. The van der Waals surface area contributed by atoms with Gasteiger partial charge in [0.2, 0.25) is 0 Å². The van der Waals surface area contributed by atoms with Gasteiger partial charge in [0.15, 0.2) is 0 Å². The van der Waals surface area contributed by atoms with Crippen molar-refractivity contribution in [1.29, 1.82) is 0 Å². The molecule has 0 atom stereocenters. The van der Waals surface area contributed by atoms with Gasteiger partial charge in [-0.3, -0.25) is 0 Å². The highest BCUT2D eigenvalue weighted by molar-refractivity contribution is 6.30. The van der Waals surface area contributed by atoms with Crippen LogP contribution in [0.25, 0.3) is 0 Å². The fourth-order valence-electron chi connectivity index (χ4n) is 1.01. The van der Waals surface area contributed by atoms with E-state index in [4.69, 9.17) is 20.8 Å². The van der Waals surface area contributed by atoms with Crippen molar-refractivity contribution in [2.24, 2.45) is 0 Å². The Balaban J connectivity index is 2.18. The summed E-state index contributed by atoms with van der Waals surface area (Å²) in [6.07, 6.45) is 1.82. The average Bonchev–Trinajstić information content (AvgIpc) is 2.51. The molecule has 1 aromatic heterocycles. The molecule has 3 nitrogen and oxygen atoms in total. The molecule has 4 heteroatoms. The van der Waals surface area contributed by atoms with Crippen LogP contribution in [0.1, 0.15) is 5.76 Å². The molecule has 1 aromatic carbocycles. The molecule has 2 aromatic rings. The van der Waals surface area contributed by atoms with Crippen molar-refractivity contribution < 1.29 is 9.15 Å². The number of benzene rings is 1. The molecule has 14 heavy (non-hydrogen) atoms. The van der Waals surface area contributed by atoms with Crippen LogP contribution in [0.3, 0.4) is 0 Å². The van der Waals surface area contributed by atoms with Crippen LogP contribution in [0, 0.1) is 6.92 Å². The van der Waals surface area contributed by atoms with E-state index in [-0.39, 0.29) is 6.08 Å². The molecule has 0 saturated heterocycles. The first-order chi connectivity index (χ1) is 6.74. The SMILES string of the molecule is Cc1cnc(Oc2cccc(Cl)c2)o1. The molecular formula is C10H8ClNO2. The fourth-order valence-corrected chi connectivity index (χ4v) is 1.19. The summed E-state index contributed by atoms with van der Waals surface area (Å²) in [5.74, 6) is 1.32. The van der Waals surface area contributed by atoms with Gasteiger partial charge in [-0.25, -0.2) is 0 Å². The van der Waals surface area contributed by atoms with E-state index in [1.165, 1.54) is 0 Å². The number of ether oxygens (including phenoxy) is 1. The van der Waals surface area contributed by atoms with Crippen molar-refractivity contribution in [3.63, 3.8) is 0 Å². The lowest BCUT2D eigenvalue weighted by Crippen LogP contribution is -1.82. The Bertz CT molecular complexity index is 439. The van der Waals surface area contributed by atoms with Gasteiger partial charge in [-0.1, -0.05) is 17.7 Å². The van der Waals surface area contributed by atoms with Gasteiger partial charge < -0.3 is 9.15 Å². The minimum Gasteiger partial charge on any atom is -0.414 e. The topological polar surface area (TPSA) is 35.3 Å². The van der Waals surface area contributed by atoms with Gasteiger partial charge in [0.25, 0.3) is 0 Å². The Morgan fingerprint density at radius 2 is 2.29 bits per heavy atom. The number of halogens is 1. The van der Waals surface area contributed by atoms with Crippen molar-refractivity contribution in [2.75, 3.05) is 0 Å². The minimum absolute atomic E-state index is 0.227. The lowest BCUT2D eigenvalue weighted by molar-refractivity contribution is 0.323. The number of hydrogen-bond donors (Lipinski definition) is 0. The third-order valence-electron chi connectivity index (χ3n) is 1.60. The summed E-state index contributed by atoms with van der Waals surface area (Å²) in [4.78, 5) is 3.91. The van der Waals surface area contributed by atoms with Crippen molar-refractivity contribution in [1.82, 2.24) is 4.98 Å². The zero-order chi connectivity index (χ0) is 9.97. The van der Waals surface area contributed by atoms with Gasteiger partial charge in [0, 0.05) is 5.02 Å². The predicted octanol–water partition coefficient (Wildman–Crippen LogP) is 3.43. The zero-order valence-electron chi connectivity index (χ0n) is 7.53. The number of rotatable bonds is 2. The number of aromatic nitrogens is 1. The van der Waals surface area contributed by atoms with E-state index in [0.717, 1.165) is 0 Å². The number of oxazole rings is 1. The second-order valence-electron chi connectivity index (χ2n) is 2.80. The standard InChI is InChI=1S/C10H8ClNO2/c1-7-6-12-10(13-7)14-9-4-2-3-8(11)5-9/h2-6H,1H3. The fraction of sp³-hybridized carbons (Fsp3) is 0.100. The van der Waals surface area contributed by atoms with Crippen LogP contribution in [0.4, 0.5) is 0 Å². The monoisotopic (exact) mass is 209 g/mol. The van der Waals surface area contributed by atoms with E-state index >= 15 is 0 Å².